The maximum atomic E-state index is 12.1. The van der Waals surface area contributed by atoms with Crippen LogP contribution in [0.3, 0.4) is 0 Å². The molecule has 0 aliphatic carbocycles. The van der Waals surface area contributed by atoms with Gasteiger partial charge in [0.1, 0.15) is 13.3 Å². The maximum Gasteiger partial charge on any atom is 0.213 e. The van der Waals surface area contributed by atoms with Crippen LogP contribution in [0.1, 0.15) is 5.56 Å². The lowest BCUT2D eigenvalue weighted by Gasteiger charge is -2.07. The Balaban J connectivity index is 1.95. The number of pyridine rings is 1. The molecule has 106 valence electrons. The average molecular weight is 280 g/mol. The van der Waals surface area contributed by atoms with Crippen LogP contribution in [0, 0.1) is 6.92 Å². The molecule has 1 heterocycles. The second kappa shape index (κ2) is 5.92. The van der Waals surface area contributed by atoms with Gasteiger partial charge in [-0.15, -0.1) is 0 Å². The third-order valence-electron chi connectivity index (χ3n) is 3.38. The van der Waals surface area contributed by atoms with E-state index in [1.807, 2.05) is 18.2 Å². The minimum atomic E-state index is -0.508. The molecular formula is C18H16FNO. The highest BCUT2D eigenvalue weighted by Crippen LogP contribution is 2.25. The molecule has 21 heavy (non-hydrogen) atoms. The molecule has 2 nitrogen and oxygen atoms in total. The van der Waals surface area contributed by atoms with E-state index in [2.05, 4.69) is 42.2 Å². The first-order valence-corrected chi connectivity index (χ1v) is 6.93. The highest BCUT2D eigenvalue weighted by atomic mass is 18.2. The number of ether oxygens (including phenoxy) is 1. The third kappa shape index (κ3) is 3.02. The Labute approximate surface area is 123 Å². The number of hydrogen-bond acceptors (Lipinski definition) is 2. The summed E-state index contributed by atoms with van der Waals surface area (Å²) in [4.78, 5) is 4.37. The molecule has 0 unspecified atom stereocenters. The molecular weight excluding hydrogens is 264 g/mol. The summed E-state index contributed by atoms with van der Waals surface area (Å²) in [5.74, 6) is 0.461. The lowest BCUT2D eigenvalue weighted by molar-refractivity contribution is 0.265. The Kier molecular flexibility index (Phi) is 3.82. The van der Waals surface area contributed by atoms with Crippen molar-refractivity contribution >= 4 is 10.9 Å². The molecule has 0 amide bonds. The molecule has 0 N–H and O–H groups in total. The molecule has 0 fully saturated rings. The lowest BCUT2D eigenvalue weighted by atomic mass is 10.0. The Hall–Kier alpha value is -2.42. The van der Waals surface area contributed by atoms with E-state index in [9.17, 15) is 4.39 Å². The highest BCUT2D eigenvalue weighted by Gasteiger charge is 2.03. The minimum absolute atomic E-state index is 0.0416. The van der Waals surface area contributed by atoms with Gasteiger partial charge in [-0.1, -0.05) is 35.9 Å². The van der Waals surface area contributed by atoms with Gasteiger partial charge in [0.15, 0.2) is 0 Å². The molecule has 0 saturated carbocycles. The maximum absolute atomic E-state index is 12.1. The SMILES string of the molecule is Cc1ccc(-c2ccc3nc(OCC[18F])ccc3c2)cc1. The summed E-state index contributed by atoms with van der Waals surface area (Å²) in [6, 6.07) is 18.3. The number of halogens is 1. The molecule has 0 spiro atoms. The van der Waals surface area contributed by atoms with E-state index in [1.165, 1.54) is 11.1 Å². The fraction of sp³-hybridized carbons (Fsp3) is 0.167. The first kappa shape index (κ1) is 13.6. The fourth-order valence-corrected chi connectivity index (χ4v) is 2.26. The van der Waals surface area contributed by atoms with Crippen LogP contribution in [-0.2, 0) is 0 Å². The number of alkyl halides is 1. The average Bonchev–Trinajstić information content (AvgIpc) is 2.53. The van der Waals surface area contributed by atoms with Crippen molar-refractivity contribution in [2.75, 3.05) is 13.3 Å². The van der Waals surface area contributed by atoms with E-state index < -0.39 is 6.67 Å². The van der Waals surface area contributed by atoms with Gasteiger partial charge in [-0.05, 0) is 36.2 Å². The zero-order chi connectivity index (χ0) is 14.7. The van der Waals surface area contributed by atoms with Crippen molar-refractivity contribution in [3.05, 3.63) is 60.2 Å². The van der Waals surface area contributed by atoms with Gasteiger partial charge in [-0.2, -0.15) is 0 Å². The molecule has 3 aromatic rings. The van der Waals surface area contributed by atoms with Crippen LogP contribution in [-0.4, -0.2) is 18.3 Å². The molecule has 0 saturated heterocycles. The summed E-state index contributed by atoms with van der Waals surface area (Å²) < 4.78 is 17.3. The first-order chi connectivity index (χ1) is 10.3. The monoisotopic (exact) mass is 280 g/mol. The molecule has 0 bridgehead atoms. The number of fused-ring (bicyclic) bond motifs is 1. The smallest absolute Gasteiger partial charge is 0.213 e. The van der Waals surface area contributed by atoms with Gasteiger partial charge >= 0.3 is 0 Å². The number of nitrogens with zero attached hydrogens (tertiary/aromatic N) is 1. The molecule has 1 aromatic heterocycles. The fourth-order valence-electron chi connectivity index (χ4n) is 2.26. The van der Waals surface area contributed by atoms with Gasteiger partial charge in [0.25, 0.3) is 0 Å². The van der Waals surface area contributed by atoms with Crippen LogP contribution in [0.15, 0.2) is 54.6 Å². The third-order valence-corrected chi connectivity index (χ3v) is 3.38. The van der Waals surface area contributed by atoms with E-state index in [1.54, 1.807) is 6.07 Å². The molecule has 3 rings (SSSR count). The summed E-state index contributed by atoms with van der Waals surface area (Å²) in [7, 11) is 0. The largest absolute Gasteiger partial charge is 0.475 e. The molecule has 0 atom stereocenters. The second-order valence-corrected chi connectivity index (χ2v) is 4.96. The van der Waals surface area contributed by atoms with Crippen LogP contribution in [0.25, 0.3) is 22.0 Å². The number of benzene rings is 2. The summed E-state index contributed by atoms with van der Waals surface area (Å²) in [5, 5.41) is 1.04. The van der Waals surface area contributed by atoms with Crippen molar-refractivity contribution in [2.45, 2.75) is 6.92 Å². The summed E-state index contributed by atoms with van der Waals surface area (Å²) >= 11 is 0. The van der Waals surface area contributed by atoms with E-state index >= 15 is 0 Å². The Morgan fingerprint density at radius 3 is 2.48 bits per heavy atom. The topological polar surface area (TPSA) is 22.1 Å². The summed E-state index contributed by atoms with van der Waals surface area (Å²) in [5.41, 5.74) is 4.43. The van der Waals surface area contributed by atoms with Crippen LogP contribution in [0.2, 0.25) is 0 Å². The normalized spacial score (nSPS) is 10.8. The lowest BCUT2D eigenvalue weighted by Crippen LogP contribution is -2.00. The number of aryl methyl sites for hydroxylation is 1. The van der Waals surface area contributed by atoms with Crippen LogP contribution < -0.4 is 4.74 Å². The number of rotatable bonds is 4. The van der Waals surface area contributed by atoms with E-state index in [0.29, 0.717) is 5.88 Å². The van der Waals surface area contributed by atoms with Crippen LogP contribution in [0.5, 0.6) is 5.88 Å². The predicted octanol–water partition coefficient (Wildman–Crippen LogP) is 4.56. The van der Waals surface area contributed by atoms with Gasteiger partial charge < -0.3 is 4.74 Å². The van der Waals surface area contributed by atoms with Crippen molar-refractivity contribution in [1.82, 2.24) is 4.98 Å². The van der Waals surface area contributed by atoms with E-state index in [-0.39, 0.29) is 6.61 Å². The standard InChI is InChI=1S/C18H16FNO/c1-13-2-4-14(5-3-13)15-6-8-17-16(12-15)7-9-18(20-17)21-11-10-19/h2-9,12H,10-11H2,1H3/i19-1. The molecule has 2 aromatic carbocycles. The molecule has 3 heteroatoms. The summed E-state index contributed by atoms with van der Waals surface area (Å²) in [6.07, 6.45) is 0. The minimum Gasteiger partial charge on any atom is -0.475 e. The number of hydrogen-bond donors (Lipinski definition) is 0. The Morgan fingerprint density at radius 1 is 0.952 bits per heavy atom. The zero-order valence-electron chi connectivity index (χ0n) is 11.8. The Bertz CT molecular complexity index is 753. The van der Waals surface area contributed by atoms with Crippen molar-refractivity contribution in [3.8, 4) is 17.0 Å². The first-order valence-electron chi connectivity index (χ1n) is 6.93. The van der Waals surface area contributed by atoms with Crippen LogP contribution in [0.4, 0.5) is 4.39 Å². The molecule has 0 aliphatic heterocycles. The van der Waals surface area contributed by atoms with Crippen molar-refractivity contribution in [3.63, 3.8) is 0 Å². The Morgan fingerprint density at radius 2 is 1.71 bits per heavy atom. The predicted molar refractivity (Wildman–Crippen MR) is 83.4 cm³/mol. The highest BCUT2D eigenvalue weighted by molar-refractivity contribution is 5.84. The van der Waals surface area contributed by atoms with Crippen molar-refractivity contribution in [2.24, 2.45) is 0 Å². The number of aromatic nitrogens is 1. The van der Waals surface area contributed by atoms with Crippen LogP contribution >= 0.6 is 0 Å². The van der Waals surface area contributed by atoms with E-state index in [4.69, 9.17) is 4.74 Å². The quantitative estimate of drug-likeness (QED) is 0.699. The zero-order valence-corrected chi connectivity index (χ0v) is 11.8. The van der Waals surface area contributed by atoms with Gasteiger partial charge in [0, 0.05) is 11.5 Å². The van der Waals surface area contributed by atoms with Crippen molar-refractivity contribution < 1.29 is 9.13 Å². The van der Waals surface area contributed by atoms with Gasteiger partial charge in [-0.3, -0.25) is 0 Å². The second-order valence-electron chi connectivity index (χ2n) is 4.96. The van der Waals surface area contributed by atoms with Gasteiger partial charge in [-0.25, -0.2) is 9.37 Å². The molecule has 0 aliphatic rings. The van der Waals surface area contributed by atoms with Crippen molar-refractivity contribution in [1.29, 1.82) is 0 Å². The van der Waals surface area contributed by atoms with E-state index in [0.717, 1.165) is 16.5 Å². The molecule has 0 radical (unpaired) electrons. The summed E-state index contributed by atoms with van der Waals surface area (Å²) in [6.45, 7) is 1.61. The van der Waals surface area contributed by atoms with Gasteiger partial charge in [0.05, 0.1) is 5.52 Å². The van der Waals surface area contributed by atoms with Gasteiger partial charge in [0.2, 0.25) is 5.88 Å².